The summed E-state index contributed by atoms with van der Waals surface area (Å²) in [5, 5.41) is 10.1. The Kier molecular flexibility index (Phi) is 5.55. The lowest BCUT2D eigenvalue weighted by Crippen LogP contribution is -2.60. The molecule has 114 valence electrons. The molecule has 20 heavy (non-hydrogen) atoms. The van der Waals surface area contributed by atoms with E-state index in [1.165, 1.54) is 0 Å². The van der Waals surface area contributed by atoms with Gasteiger partial charge in [-0.15, -0.1) is 0 Å². The van der Waals surface area contributed by atoms with Gasteiger partial charge in [0.05, 0.1) is 6.61 Å². The fourth-order valence-corrected chi connectivity index (χ4v) is 2.23. The monoisotopic (exact) mass is 357 g/mol. The number of hydrogen-bond acceptors (Lipinski definition) is 8. The number of alkyl halides is 1. The minimum absolute atomic E-state index is 0.277. The molecule has 0 saturated carbocycles. The van der Waals surface area contributed by atoms with Crippen molar-refractivity contribution < 1.29 is 42.5 Å². The van der Waals surface area contributed by atoms with E-state index < -0.39 is 61.6 Å². The normalized spacial score (nSPS) is 35.7. The predicted octanol–water partition coefficient (Wildman–Crippen LogP) is -1.19. The second kappa shape index (κ2) is 8.55. The molecule has 0 spiro atoms. The molecular weight excluding hydrogens is 340 g/mol. The molecule has 8 nitrogen and oxygen atoms in total. The van der Waals surface area contributed by atoms with E-state index in [4.69, 9.17) is 23.1 Å². The Balaban J connectivity index is 2.90. The molecule has 1 N–H and O–H groups in total. The van der Waals surface area contributed by atoms with Gasteiger partial charge >= 0.3 is 0 Å². The Bertz CT molecular complexity index is 461. The molecule has 0 radical (unpaired) electrons. The molecule has 0 aromatic carbocycles. The van der Waals surface area contributed by atoms with Gasteiger partial charge in [-0.2, -0.15) is 0 Å². The maximum atomic E-state index is 10.8. The van der Waals surface area contributed by atoms with Crippen LogP contribution in [0.15, 0.2) is 0 Å². The summed E-state index contributed by atoms with van der Waals surface area (Å²) >= 11 is 2.83. The van der Waals surface area contributed by atoms with Gasteiger partial charge in [0, 0.05) is 0 Å². The molecule has 0 aromatic heterocycles. The van der Waals surface area contributed by atoms with Crippen molar-refractivity contribution in [3.63, 3.8) is 0 Å². The van der Waals surface area contributed by atoms with Crippen LogP contribution >= 0.6 is 15.9 Å². The van der Waals surface area contributed by atoms with Crippen LogP contribution < -0.4 is 0 Å². The molecule has 1 saturated heterocycles. The van der Waals surface area contributed by atoms with E-state index in [2.05, 4.69) is 15.9 Å². The minimum Gasteiger partial charge on any atom is -0.366 e. The summed E-state index contributed by atoms with van der Waals surface area (Å²) in [5.74, 6) is 0. The molecule has 0 aliphatic carbocycles. The maximum absolute atomic E-state index is 10.8. The van der Waals surface area contributed by atoms with Gasteiger partial charge in [-0.25, -0.2) is 0 Å². The van der Waals surface area contributed by atoms with E-state index in [-0.39, 0.29) is 6.61 Å². The Hall–Kier alpha value is -0.710. The highest BCUT2D eigenvalue weighted by Gasteiger charge is 2.51. The van der Waals surface area contributed by atoms with Crippen molar-refractivity contribution in [1.82, 2.24) is 0 Å². The molecule has 0 aromatic rings. The first-order valence-electron chi connectivity index (χ1n) is 7.02. The fourth-order valence-electron chi connectivity index (χ4n) is 1.70. The second-order valence-electron chi connectivity index (χ2n) is 3.71. The Morgan fingerprint density at radius 2 is 1.75 bits per heavy atom. The number of halogens is 1. The molecular formula is C11H15BrO8. The quantitative estimate of drug-likeness (QED) is 0.405. The van der Waals surface area contributed by atoms with E-state index >= 15 is 0 Å². The van der Waals surface area contributed by atoms with E-state index in [0.717, 1.165) is 0 Å². The zero-order chi connectivity index (χ0) is 17.6. The van der Waals surface area contributed by atoms with Crippen molar-refractivity contribution in [2.24, 2.45) is 0 Å². The topological polar surface area (TPSA) is 108 Å². The summed E-state index contributed by atoms with van der Waals surface area (Å²) in [5.41, 5.74) is 0. The van der Waals surface area contributed by atoms with Gasteiger partial charge in [-0.1, -0.05) is 0 Å². The van der Waals surface area contributed by atoms with Gasteiger partial charge in [0.2, 0.25) is 0 Å². The Morgan fingerprint density at radius 1 is 1.20 bits per heavy atom. The molecule has 1 heterocycles. The standard InChI is InChI=1S/C11H15BrO8/c12-11(16)10(19-6-3-15)9(18-5-2-14)8(7-20-11)17-4-1-13/h1-3,8-10,16H,4-7H2/t8-,9+,10-,11?/m1/s1/i1D,2D,3D. The third-order valence-electron chi connectivity index (χ3n) is 2.48. The first-order chi connectivity index (χ1) is 10.6. The summed E-state index contributed by atoms with van der Waals surface area (Å²) in [6.07, 6.45) is -6.74. The third kappa shape index (κ3) is 4.69. The van der Waals surface area contributed by atoms with Crippen LogP contribution in [0.5, 0.6) is 0 Å². The average Bonchev–Trinajstić information content (AvgIpc) is 2.41. The predicted molar refractivity (Wildman–Crippen MR) is 67.2 cm³/mol. The van der Waals surface area contributed by atoms with Gasteiger partial charge in [-0.05, 0) is 15.9 Å². The summed E-state index contributed by atoms with van der Waals surface area (Å²) in [4.78, 5) is 32.2. The number of hydrogen-bond donors (Lipinski definition) is 1. The molecule has 1 rings (SSSR count). The van der Waals surface area contributed by atoms with Crippen LogP contribution in [0.2, 0.25) is 0 Å². The second-order valence-corrected chi connectivity index (χ2v) is 4.85. The van der Waals surface area contributed by atoms with Crippen molar-refractivity contribution in [3.8, 4) is 0 Å². The molecule has 4 atom stereocenters. The number of rotatable bonds is 9. The van der Waals surface area contributed by atoms with Gasteiger partial charge < -0.3 is 38.4 Å². The highest BCUT2D eigenvalue weighted by Crippen LogP contribution is 2.34. The summed E-state index contributed by atoms with van der Waals surface area (Å²) < 4.78 is 38.8. The van der Waals surface area contributed by atoms with E-state index in [9.17, 15) is 19.5 Å². The first kappa shape index (κ1) is 13.0. The molecule has 9 heteroatoms. The lowest BCUT2D eigenvalue weighted by Gasteiger charge is -2.43. The molecule has 1 aliphatic heterocycles. The Labute approximate surface area is 127 Å². The van der Waals surface area contributed by atoms with Crippen LogP contribution in [0.25, 0.3) is 0 Å². The lowest BCUT2D eigenvalue weighted by atomic mass is 10.0. The SMILES string of the molecule is [2H]C(=O)CO[C@@H]1[C@@H](OCC([2H])=O)C(O)(Br)OC[C@H]1OCC([2H])=O. The third-order valence-corrected chi connectivity index (χ3v) is 3.16. The molecule has 1 fully saturated rings. The number of aliphatic hydroxyl groups is 1. The van der Waals surface area contributed by atoms with E-state index in [1.807, 2.05) is 0 Å². The highest BCUT2D eigenvalue weighted by molar-refractivity contribution is 9.10. The van der Waals surface area contributed by atoms with Gasteiger partial charge in [0.15, 0.2) is 6.10 Å². The van der Waals surface area contributed by atoms with E-state index in [1.54, 1.807) is 0 Å². The molecule has 1 aliphatic rings. The molecule has 0 amide bonds. The van der Waals surface area contributed by atoms with Crippen LogP contribution in [-0.2, 0) is 33.3 Å². The zero-order valence-corrected chi connectivity index (χ0v) is 11.8. The van der Waals surface area contributed by atoms with Crippen LogP contribution in [0.1, 0.15) is 4.11 Å². The van der Waals surface area contributed by atoms with E-state index in [0.29, 0.717) is 0 Å². The largest absolute Gasteiger partial charge is 0.366 e. The van der Waals surface area contributed by atoms with Crippen molar-refractivity contribution in [2.45, 2.75) is 23.0 Å². The average molecular weight is 358 g/mol. The fraction of sp³-hybridized carbons (Fsp3) is 0.727. The summed E-state index contributed by atoms with van der Waals surface area (Å²) in [6.45, 7) is -2.22. The summed E-state index contributed by atoms with van der Waals surface area (Å²) in [6, 6.07) is 0. The van der Waals surface area contributed by atoms with Crippen molar-refractivity contribution >= 4 is 34.7 Å². The lowest BCUT2D eigenvalue weighted by molar-refractivity contribution is -0.290. The highest BCUT2D eigenvalue weighted by atomic mass is 79.9. The summed E-state index contributed by atoms with van der Waals surface area (Å²) in [7, 11) is 0. The number of carbonyl (C=O) groups excluding carboxylic acids is 3. The maximum Gasteiger partial charge on any atom is 0.254 e. The van der Waals surface area contributed by atoms with Crippen molar-refractivity contribution in [2.75, 3.05) is 26.4 Å². The zero-order valence-electron chi connectivity index (χ0n) is 13.2. The van der Waals surface area contributed by atoms with Crippen LogP contribution in [-0.4, -0.2) is 73.3 Å². The van der Waals surface area contributed by atoms with Crippen molar-refractivity contribution in [3.05, 3.63) is 0 Å². The molecule has 0 bridgehead atoms. The van der Waals surface area contributed by atoms with Crippen LogP contribution in [0.3, 0.4) is 0 Å². The van der Waals surface area contributed by atoms with Crippen LogP contribution in [0, 0.1) is 0 Å². The van der Waals surface area contributed by atoms with Gasteiger partial charge in [0.1, 0.15) is 54.9 Å². The Morgan fingerprint density at radius 3 is 2.35 bits per heavy atom. The number of carbonyl (C=O) groups is 3. The molecule has 1 unspecified atom stereocenters. The van der Waals surface area contributed by atoms with Crippen molar-refractivity contribution in [1.29, 1.82) is 0 Å². The minimum atomic E-state index is -2.09. The van der Waals surface area contributed by atoms with Crippen LogP contribution in [0.4, 0.5) is 0 Å². The van der Waals surface area contributed by atoms with Gasteiger partial charge in [0.25, 0.3) is 4.70 Å². The van der Waals surface area contributed by atoms with Gasteiger partial charge in [-0.3, -0.25) is 0 Å². The number of ether oxygens (including phenoxy) is 4. The number of aldehydes is 3. The first-order valence-corrected chi connectivity index (χ1v) is 6.31. The smallest absolute Gasteiger partial charge is 0.254 e.